The molecule has 1 aliphatic heterocycles. The Labute approximate surface area is 158 Å². The molecule has 3 rings (SSSR count). The fourth-order valence-corrected chi connectivity index (χ4v) is 4.94. The quantitative estimate of drug-likeness (QED) is 0.812. The molecule has 1 atom stereocenters. The fraction of sp³-hybridized carbons (Fsp3) is 0.389. The van der Waals surface area contributed by atoms with Gasteiger partial charge in [0.05, 0.1) is 10.9 Å². The van der Waals surface area contributed by atoms with E-state index in [0.29, 0.717) is 13.1 Å². The number of hydrogen-bond acceptors (Lipinski definition) is 5. The van der Waals surface area contributed by atoms with Gasteiger partial charge in [0.2, 0.25) is 15.9 Å². The van der Waals surface area contributed by atoms with E-state index in [2.05, 4.69) is 21.1 Å². The van der Waals surface area contributed by atoms with Crippen molar-refractivity contribution in [1.82, 2.24) is 14.5 Å². The van der Waals surface area contributed by atoms with Crippen molar-refractivity contribution in [1.29, 1.82) is 0 Å². The Morgan fingerprint density at radius 1 is 1.12 bits per heavy atom. The molecule has 1 amide bonds. The van der Waals surface area contributed by atoms with E-state index in [1.807, 2.05) is 6.07 Å². The molecule has 0 spiro atoms. The third kappa shape index (κ3) is 4.70. The Morgan fingerprint density at radius 2 is 1.81 bits per heavy atom. The first-order chi connectivity index (χ1) is 12.5. The zero-order valence-electron chi connectivity index (χ0n) is 14.7. The van der Waals surface area contributed by atoms with Gasteiger partial charge in [0.25, 0.3) is 0 Å². The van der Waals surface area contributed by atoms with Crippen molar-refractivity contribution < 1.29 is 13.2 Å². The highest BCUT2D eigenvalue weighted by Crippen LogP contribution is 2.14. The molecule has 1 aromatic carbocycles. The predicted molar refractivity (Wildman–Crippen MR) is 102 cm³/mol. The van der Waals surface area contributed by atoms with Crippen LogP contribution >= 0.6 is 11.3 Å². The topological polar surface area (TPSA) is 69.7 Å². The molecule has 0 unspecified atom stereocenters. The van der Waals surface area contributed by atoms with Crippen molar-refractivity contribution >= 4 is 27.3 Å². The molecule has 0 aliphatic carbocycles. The van der Waals surface area contributed by atoms with Crippen LogP contribution in [0.2, 0.25) is 0 Å². The van der Waals surface area contributed by atoms with Gasteiger partial charge in [-0.1, -0.05) is 24.3 Å². The van der Waals surface area contributed by atoms with Gasteiger partial charge in [0.15, 0.2) is 0 Å². The summed E-state index contributed by atoms with van der Waals surface area (Å²) in [5.41, 5.74) is 0. The second-order valence-corrected chi connectivity index (χ2v) is 9.08. The van der Waals surface area contributed by atoms with Gasteiger partial charge < -0.3 is 4.90 Å². The standard InChI is InChI=1S/C18H23N3O3S2/c1-15(19-26(23,24)17-7-3-2-4-8-17)18(22)21-11-9-20(10-12-21)14-16-6-5-13-25-16/h2-8,13,15,19H,9-12,14H2,1H3/t15-/m1/s1. The summed E-state index contributed by atoms with van der Waals surface area (Å²) in [4.78, 5) is 18.1. The smallest absolute Gasteiger partial charge is 0.241 e. The van der Waals surface area contributed by atoms with E-state index >= 15 is 0 Å². The van der Waals surface area contributed by atoms with Crippen molar-refractivity contribution in [2.45, 2.75) is 24.4 Å². The minimum atomic E-state index is -3.69. The number of benzene rings is 1. The van der Waals surface area contributed by atoms with Gasteiger partial charge in [0.1, 0.15) is 0 Å². The number of carbonyl (C=O) groups is 1. The van der Waals surface area contributed by atoms with Crippen LogP contribution < -0.4 is 4.72 Å². The number of carbonyl (C=O) groups excluding carboxylic acids is 1. The second-order valence-electron chi connectivity index (χ2n) is 6.34. The molecule has 26 heavy (non-hydrogen) atoms. The van der Waals surface area contributed by atoms with Crippen molar-refractivity contribution in [2.24, 2.45) is 0 Å². The molecule has 140 valence electrons. The van der Waals surface area contributed by atoms with Gasteiger partial charge in [-0.05, 0) is 30.5 Å². The summed E-state index contributed by atoms with van der Waals surface area (Å²) >= 11 is 1.73. The minimum absolute atomic E-state index is 0.167. The molecule has 8 heteroatoms. The molecule has 0 radical (unpaired) electrons. The van der Waals surface area contributed by atoms with Gasteiger partial charge in [-0.2, -0.15) is 4.72 Å². The van der Waals surface area contributed by atoms with Crippen molar-refractivity contribution in [3.05, 3.63) is 52.7 Å². The molecule has 2 heterocycles. The summed E-state index contributed by atoms with van der Waals surface area (Å²) in [6, 6.07) is 11.5. The number of sulfonamides is 1. The number of piperazine rings is 1. The van der Waals surface area contributed by atoms with E-state index in [-0.39, 0.29) is 10.8 Å². The Morgan fingerprint density at radius 3 is 2.42 bits per heavy atom. The van der Waals surface area contributed by atoms with Gasteiger partial charge in [0, 0.05) is 37.6 Å². The zero-order valence-corrected chi connectivity index (χ0v) is 16.3. The fourth-order valence-electron chi connectivity index (χ4n) is 2.97. The number of amides is 1. The largest absolute Gasteiger partial charge is 0.339 e. The van der Waals surface area contributed by atoms with Gasteiger partial charge in [-0.25, -0.2) is 8.42 Å². The average molecular weight is 394 g/mol. The van der Waals surface area contributed by atoms with Crippen LogP contribution in [0.15, 0.2) is 52.7 Å². The van der Waals surface area contributed by atoms with E-state index in [0.717, 1.165) is 19.6 Å². The summed E-state index contributed by atoms with van der Waals surface area (Å²) in [7, 11) is -3.69. The molecule has 0 saturated carbocycles. The van der Waals surface area contributed by atoms with Crippen LogP contribution in [-0.2, 0) is 21.4 Å². The maximum Gasteiger partial charge on any atom is 0.241 e. The van der Waals surface area contributed by atoms with Crippen LogP contribution in [-0.4, -0.2) is 56.3 Å². The van der Waals surface area contributed by atoms with Crippen LogP contribution in [0.25, 0.3) is 0 Å². The molecule has 1 aliphatic rings. The predicted octanol–water partition coefficient (Wildman–Crippen LogP) is 1.76. The highest BCUT2D eigenvalue weighted by Gasteiger charge is 2.28. The number of rotatable bonds is 6. The Bertz CT molecular complexity index is 815. The molecular formula is C18H23N3O3S2. The molecule has 1 fully saturated rings. The first-order valence-corrected chi connectivity index (χ1v) is 10.9. The molecule has 0 bridgehead atoms. The van der Waals surface area contributed by atoms with E-state index in [9.17, 15) is 13.2 Å². The first kappa shape index (κ1) is 19.0. The molecule has 1 N–H and O–H groups in total. The summed E-state index contributed by atoms with van der Waals surface area (Å²) in [5.74, 6) is -0.180. The lowest BCUT2D eigenvalue weighted by Gasteiger charge is -2.35. The monoisotopic (exact) mass is 393 g/mol. The molecular weight excluding hydrogens is 370 g/mol. The van der Waals surface area contributed by atoms with Gasteiger partial charge in [-0.15, -0.1) is 11.3 Å². The summed E-state index contributed by atoms with van der Waals surface area (Å²) in [6.07, 6.45) is 0. The zero-order chi connectivity index (χ0) is 18.6. The van der Waals surface area contributed by atoms with Crippen molar-refractivity contribution in [3.8, 4) is 0 Å². The third-order valence-electron chi connectivity index (χ3n) is 4.40. The number of thiophene rings is 1. The summed E-state index contributed by atoms with van der Waals surface area (Å²) < 4.78 is 27.2. The second kappa shape index (κ2) is 8.30. The minimum Gasteiger partial charge on any atom is -0.339 e. The van der Waals surface area contributed by atoms with E-state index in [4.69, 9.17) is 0 Å². The Balaban J connectivity index is 1.53. The third-order valence-corrected chi connectivity index (χ3v) is 6.82. The number of nitrogens with one attached hydrogen (secondary N) is 1. The van der Waals surface area contributed by atoms with Crippen molar-refractivity contribution in [3.63, 3.8) is 0 Å². The van der Waals surface area contributed by atoms with Gasteiger partial charge >= 0.3 is 0 Å². The number of nitrogens with zero attached hydrogens (tertiary/aromatic N) is 2. The van der Waals surface area contributed by atoms with Crippen LogP contribution in [0.5, 0.6) is 0 Å². The lowest BCUT2D eigenvalue weighted by Crippen LogP contribution is -2.53. The van der Waals surface area contributed by atoms with E-state index in [1.54, 1.807) is 41.4 Å². The highest BCUT2D eigenvalue weighted by molar-refractivity contribution is 7.89. The van der Waals surface area contributed by atoms with E-state index in [1.165, 1.54) is 17.0 Å². The van der Waals surface area contributed by atoms with Crippen molar-refractivity contribution in [2.75, 3.05) is 26.2 Å². The normalized spacial score (nSPS) is 17.2. The highest BCUT2D eigenvalue weighted by atomic mass is 32.2. The molecule has 6 nitrogen and oxygen atoms in total. The SMILES string of the molecule is C[C@@H](NS(=O)(=O)c1ccccc1)C(=O)N1CCN(Cc2cccs2)CC1. The Hall–Kier alpha value is -1.74. The molecule has 2 aromatic rings. The molecule has 1 aromatic heterocycles. The average Bonchev–Trinajstić information content (AvgIpc) is 3.15. The summed E-state index contributed by atoms with van der Waals surface area (Å²) in [5, 5.41) is 2.07. The van der Waals surface area contributed by atoms with Crippen LogP contribution in [0.3, 0.4) is 0 Å². The maximum atomic E-state index is 12.6. The first-order valence-electron chi connectivity index (χ1n) is 8.56. The van der Waals surface area contributed by atoms with Gasteiger partial charge in [-0.3, -0.25) is 9.69 Å². The summed E-state index contributed by atoms with van der Waals surface area (Å²) in [6.45, 7) is 5.31. The lowest BCUT2D eigenvalue weighted by molar-refractivity contribution is -0.134. The van der Waals surface area contributed by atoms with Crippen LogP contribution in [0, 0.1) is 0 Å². The van der Waals surface area contributed by atoms with E-state index < -0.39 is 16.1 Å². The van der Waals surface area contributed by atoms with Crippen LogP contribution in [0.1, 0.15) is 11.8 Å². The maximum absolute atomic E-state index is 12.6. The molecule has 1 saturated heterocycles. The Kier molecular flexibility index (Phi) is 6.08. The van der Waals surface area contributed by atoms with Crippen LogP contribution in [0.4, 0.5) is 0 Å². The lowest BCUT2D eigenvalue weighted by atomic mass is 10.2. The number of hydrogen-bond donors (Lipinski definition) is 1.